The fourth-order valence-corrected chi connectivity index (χ4v) is 4.08. The second-order valence-corrected chi connectivity index (χ2v) is 7.51. The van der Waals surface area contributed by atoms with Crippen molar-refractivity contribution in [3.8, 4) is 0 Å². The van der Waals surface area contributed by atoms with Crippen LogP contribution in [0.4, 0.5) is 0 Å². The van der Waals surface area contributed by atoms with Gasteiger partial charge in [-0.15, -0.1) is 11.8 Å². The van der Waals surface area contributed by atoms with E-state index in [0.29, 0.717) is 17.8 Å². The number of hydrogen-bond donors (Lipinski definition) is 0. The van der Waals surface area contributed by atoms with E-state index in [9.17, 15) is 4.79 Å². The number of rotatable bonds is 3. The van der Waals surface area contributed by atoms with Gasteiger partial charge in [-0.2, -0.15) is 0 Å². The molecular weight excluding hydrogens is 260 g/mol. The van der Waals surface area contributed by atoms with Gasteiger partial charge in [0, 0.05) is 5.75 Å². The zero-order valence-electron chi connectivity index (χ0n) is 12.4. The lowest BCUT2D eigenvalue weighted by atomic mass is 9.75. The van der Waals surface area contributed by atoms with Crippen LogP contribution in [0, 0.1) is 17.8 Å². The van der Waals surface area contributed by atoms with Crippen LogP contribution in [-0.4, -0.2) is 29.4 Å². The highest BCUT2D eigenvalue weighted by molar-refractivity contribution is 8.00. The van der Waals surface area contributed by atoms with Crippen molar-refractivity contribution in [2.45, 2.75) is 64.6 Å². The molecule has 110 valence electrons. The third-order valence-electron chi connectivity index (χ3n) is 4.26. The monoisotopic (exact) mass is 286 g/mol. The summed E-state index contributed by atoms with van der Waals surface area (Å²) in [7, 11) is 0. The zero-order valence-corrected chi connectivity index (χ0v) is 13.2. The highest BCUT2D eigenvalue weighted by Gasteiger charge is 2.37. The van der Waals surface area contributed by atoms with Crippen LogP contribution in [-0.2, 0) is 14.3 Å². The predicted octanol–water partition coefficient (Wildman–Crippen LogP) is 3.47. The molecule has 1 aliphatic carbocycles. The van der Waals surface area contributed by atoms with Gasteiger partial charge in [-0.3, -0.25) is 0 Å². The van der Waals surface area contributed by atoms with Crippen molar-refractivity contribution in [1.82, 2.24) is 0 Å². The van der Waals surface area contributed by atoms with Crippen molar-refractivity contribution in [1.29, 1.82) is 0 Å². The van der Waals surface area contributed by atoms with Gasteiger partial charge < -0.3 is 9.47 Å². The molecule has 0 aromatic rings. The van der Waals surface area contributed by atoms with Gasteiger partial charge in [0.2, 0.25) is 5.44 Å². The maximum atomic E-state index is 12.2. The molecule has 5 atom stereocenters. The van der Waals surface area contributed by atoms with E-state index in [4.69, 9.17) is 9.47 Å². The largest absolute Gasteiger partial charge is 0.459 e. The summed E-state index contributed by atoms with van der Waals surface area (Å²) < 4.78 is 11.4. The van der Waals surface area contributed by atoms with E-state index in [1.165, 1.54) is 12.8 Å². The number of hydrogen-bond acceptors (Lipinski definition) is 4. The van der Waals surface area contributed by atoms with Crippen molar-refractivity contribution >= 4 is 17.7 Å². The number of carbonyl (C=O) groups is 1. The smallest absolute Gasteiger partial charge is 0.346 e. The fourth-order valence-electron chi connectivity index (χ4n) is 3.09. The maximum absolute atomic E-state index is 12.2. The summed E-state index contributed by atoms with van der Waals surface area (Å²) in [6.07, 6.45) is 3.67. The molecular formula is C15H26O3S. The molecule has 0 spiro atoms. The Morgan fingerprint density at radius 3 is 2.63 bits per heavy atom. The van der Waals surface area contributed by atoms with Crippen molar-refractivity contribution in [2.75, 3.05) is 5.75 Å². The third-order valence-corrected chi connectivity index (χ3v) is 5.53. The quantitative estimate of drug-likeness (QED) is 0.744. The molecule has 3 nitrogen and oxygen atoms in total. The molecule has 1 saturated heterocycles. The van der Waals surface area contributed by atoms with Gasteiger partial charge in [0.25, 0.3) is 0 Å². The molecule has 2 fully saturated rings. The number of thioether (sulfide) groups is 1. The molecule has 2 rings (SSSR count). The second kappa shape index (κ2) is 6.49. The molecule has 0 amide bonds. The van der Waals surface area contributed by atoms with Crippen molar-refractivity contribution in [3.63, 3.8) is 0 Å². The third kappa shape index (κ3) is 3.88. The molecule has 2 aliphatic rings. The topological polar surface area (TPSA) is 35.5 Å². The Morgan fingerprint density at radius 1 is 1.32 bits per heavy atom. The normalized spacial score (nSPS) is 39.5. The highest BCUT2D eigenvalue weighted by atomic mass is 32.2. The summed E-state index contributed by atoms with van der Waals surface area (Å²) in [6.45, 7) is 8.70. The Bertz CT molecular complexity index is 319. The summed E-state index contributed by atoms with van der Waals surface area (Å²) in [5, 5.41) is 0. The molecule has 0 aromatic heterocycles. The lowest BCUT2D eigenvalue weighted by Crippen LogP contribution is -2.38. The van der Waals surface area contributed by atoms with E-state index in [2.05, 4.69) is 20.8 Å². The molecule has 4 heteroatoms. The van der Waals surface area contributed by atoms with E-state index in [1.54, 1.807) is 11.8 Å². The van der Waals surface area contributed by atoms with Crippen LogP contribution >= 0.6 is 11.8 Å². The van der Waals surface area contributed by atoms with Gasteiger partial charge in [-0.25, -0.2) is 4.79 Å². The maximum Gasteiger partial charge on any atom is 0.346 e. The predicted molar refractivity (Wildman–Crippen MR) is 78.0 cm³/mol. The van der Waals surface area contributed by atoms with Crippen LogP contribution in [0.1, 0.15) is 47.0 Å². The minimum atomic E-state index is -0.403. The summed E-state index contributed by atoms with van der Waals surface area (Å²) in [4.78, 5) is 12.2. The van der Waals surface area contributed by atoms with Gasteiger partial charge in [-0.1, -0.05) is 27.2 Å². The molecule has 0 radical (unpaired) electrons. The highest BCUT2D eigenvalue weighted by Crippen LogP contribution is 2.36. The Morgan fingerprint density at radius 2 is 2.05 bits per heavy atom. The van der Waals surface area contributed by atoms with Crippen LogP contribution in [0.2, 0.25) is 0 Å². The van der Waals surface area contributed by atoms with Gasteiger partial charge in [0.15, 0.2) is 0 Å². The fraction of sp³-hybridized carbons (Fsp3) is 0.933. The molecule has 1 saturated carbocycles. The van der Waals surface area contributed by atoms with Gasteiger partial charge >= 0.3 is 5.97 Å². The first-order chi connectivity index (χ1) is 8.97. The first kappa shape index (κ1) is 15.2. The summed E-state index contributed by atoms with van der Waals surface area (Å²) in [5.41, 5.74) is -0.403. The number of carbonyl (C=O) groups excluding carboxylic acids is 1. The second-order valence-electron chi connectivity index (χ2n) is 6.41. The number of esters is 1. The van der Waals surface area contributed by atoms with E-state index >= 15 is 0 Å². The average Bonchev–Trinajstić information content (AvgIpc) is 2.75. The lowest BCUT2D eigenvalue weighted by molar-refractivity contribution is -0.164. The van der Waals surface area contributed by atoms with Crippen molar-refractivity contribution in [3.05, 3.63) is 0 Å². The summed E-state index contributed by atoms with van der Waals surface area (Å²) in [6, 6.07) is 0. The van der Waals surface area contributed by atoms with E-state index in [1.807, 2.05) is 6.92 Å². The minimum Gasteiger partial charge on any atom is -0.459 e. The van der Waals surface area contributed by atoms with E-state index in [0.717, 1.165) is 12.2 Å². The first-order valence-corrected chi connectivity index (χ1v) is 8.49. The average molecular weight is 286 g/mol. The SMILES string of the molecule is CC(C)[C@@H]1CC[C@@H](C)C[C@H]1OC(=O)[C@@H]1O[C@@H](C)CS1. The van der Waals surface area contributed by atoms with Gasteiger partial charge in [-0.05, 0) is 37.5 Å². The molecule has 1 heterocycles. The minimum absolute atomic E-state index is 0.0800. The van der Waals surface area contributed by atoms with Crippen LogP contribution in [0.5, 0.6) is 0 Å². The molecule has 0 unspecified atom stereocenters. The van der Waals surface area contributed by atoms with Crippen LogP contribution in [0.3, 0.4) is 0 Å². The van der Waals surface area contributed by atoms with E-state index < -0.39 is 5.44 Å². The standard InChI is InChI=1S/C15H26O3S/c1-9(2)12-6-5-10(3)7-13(12)18-14(16)15-17-11(4)8-19-15/h9-13,15H,5-8H2,1-4H3/t10-,11+,12+,13-,15-/m1/s1. The Labute approximate surface area is 120 Å². The van der Waals surface area contributed by atoms with Crippen LogP contribution in [0.15, 0.2) is 0 Å². The first-order valence-electron chi connectivity index (χ1n) is 7.45. The molecule has 19 heavy (non-hydrogen) atoms. The number of ether oxygens (including phenoxy) is 2. The Kier molecular flexibility index (Phi) is 5.18. The lowest BCUT2D eigenvalue weighted by Gasteiger charge is -2.37. The molecule has 0 bridgehead atoms. The van der Waals surface area contributed by atoms with Gasteiger partial charge in [0.05, 0.1) is 6.10 Å². The van der Waals surface area contributed by atoms with Crippen LogP contribution < -0.4 is 0 Å². The van der Waals surface area contributed by atoms with Crippen LogP contribution in [0.25, 0.3) is 0 Å². The van der Waals surface area contributed by atoms with Crippen molar-refractivity contribution in [2.24, 2.45) is 17.8 Å². The zero-order chi connectivity index (χ0) is 14.0. The molecule has 1 aliphatic heterocycles. The van der Waals surface area contributed by atoms with Gasteiger partial charge in [0.1, 0.15) is 6.10 Å². The summed E-state index contributed by atoms with van der Waals surface area (Å²) >= 11 is 1.56. The van der Waals surface area contributed by atoms with Crippen molar-refractivity contribution < 1.29 is 14.3 Å². The molecule has 0 N–H and O–H groups in total. The molecule has 0 aromatic carbocycles. The van der Waals surface area contributed by atoms with E-state index in [-0.39, 0.29) is 18.2 Å². The summed E-state index contributed by atoms with van der Waals surface area (Å²) in [5.74, 6) is 2.45. The Balaban J connectivity index is 1.92. The Hall–Kier alpha value is -0.220.